The number of hydrogen-bond acceptors (Lipinski definition) is 1. The van der Waals surface area contributed by atoms with E-state index in [-0.39, 0.29) is 5.56 Å². The lowest BCUT2D eigenvalue weighted by Gasteiger charge is -2.13. The summed E-state index contributed by atoms with van der Waals surface area (Å²) in [6.45, 7) is 8.17. The molecule has 0 radical (unpaired) electrons. The molecule has 0 aliphatic rings. The molecule has 2 aromatic rings. The largest absolute Gasteiger partial charge is 0.346 e. The maximum atomic E-state index is 13.6. The molecule has 4 heteroatoms. The molecule has 2 rings (SSSR count). The van der Waals surface area contributed by atoms with Gasteiger partial charge < -0.3 is 4.57 Å². The molecule has 0 unspecified atom stereocenters. The summed E-state index contributed by atoms with van der Waals surface area (Å²) in [6.07, 6.45) is 3.00. The van der Waals surface area contributed by atoms with Crippen LogP contribution in [0.1, 0.15) is 47.2 Å². The van der Waals surface area contributed by atoms with Crippen molar-refractivity contribution in [3.63, 3.8) is 0 Å². The Morgan fingerprint density at radius 2 is 1.86 bits per heavy atom. The Morgan fingerprint density at radius 3 is 2.41 bits per heavy atom. The summed E-state index contributed by atoms with van der Waals surface area (Å²) in [4.78, 5) is 12.0. The zero-order chi connectivity index (χ0) is 16.4. The highest BCUT2D eigenvalue weighted by Gasteiger charge is 2.12. The van der Waals surface area contributed by atoms with Gasteiger partial charge in [-0.15, -0.1) is 0 Å². The van der Waals surface area contributed by atoms with Crippen LogP contribution in [0.25, 0.3) is 6.08 Å². The quantitative estimate of drug-likeness (QED) is 0.584. The highest BCUT2D eigenvalue weighted by atomic mass is 19.1. The van der Waals surface area contributed by atoms with Crippen molar-refractivity contribution < 1.29 is 13.6 Å². The van der Waals surface area contributed by atoms with E-state index in [2.05, 4.69) is 18.4 Å². The predicted molar refractivity (Wildman–Crippen MR) is 84.0 cm³/mol. The van der Waals surface area contributed by atoms with E-state index in [9.17, 15) is 13.6 Å². The van der Waals surface area contributed by atoms with Crippen LogP contribution < -0.4 is 0 Å². The zero-order valence-corrected chi connectivity index (χ0v) is 13.2. The summed E-state index contributed by atoms with van der Waals surface area (Å²) in [5.74, 6) is -2.02. The number of hydrogen-bond donors (Lipinski definition) is 0. The molecule has 0 N–H and O–H groups in total. The van der Waals surface area contributed by atoms with Crippen LogP contribution in [0.15, 0.2) is 30.3 Å². The second-order valence-electron chi connectivity index (χ2n) is 5.61. The van der Waals surface area contributed by atoms with Crippen molar-refractivity contribution in [3.8, 4) is 0 Å². The van der Waals surface area contributed by atoms with Crippen molar-refractivity contribution in [2.75, 3.05) is 0 Å². The van der Waals surface area contributed by atoms with Crippen LogP contribution in [0.5, 0.6) is 0 Å². The fraction of sp³-hybridized carbons (Fsp3) is 0.278. The van der Waals surface area contributed by atoms with Gasteiger partial charge in [-0.2, -0.15) is 0 Å². The van der Waals surface area contributed by atoms with E-state index in [1.54, 1.807) is 6.08 Å². The number of ketones is 1. The Morgan fingerprint density at radius 1 is 1.18 bits per heavy atom. The number of carbonyl (C=O) groups excluding carboxylic acids is 1. The molecule has 0 amide bonds. The zero-order valence-electron chi connectivity index (χ0n) is 13.2. The van der Waals surface area contributed by atoms with Crippen molar-refractivity contribution in [2.24, 2.45) is 0 Å². The summed E-state index contributed by atoms with van der Waals surface area (Å²) in [5.41, 5.74) is 2.95. The molecule has 0 aliphatic carbocycles. The lowest BCUT2D eigenvalue weighted by molar-refractivity contribution is 0.104. The summed E-state index contributed by atoms with van der Waals surface area (Å²) < 4.78 is 28.6. The highest BCUT2D eigenvalue weighted by Crippen LogP contribution is 2.21. The van der Waals surface area contributed by atoms with Gasteiger partial charge in [-0.25, -0.2) is 8.78 Å². The maximum Gasteiger partial charge on any atom is 0.188 e. The van der Waals surface area contributed by atoms with Gasteiger partial charge in [-0.05, 0) is 63.6 Å². The molecule has 0 bridgehead atoms. The van der Waals surface area contributed by atoms with E-state index in [1.807, 2.05) is 19.9 Å². The van der Waals surface area contributed by atoms with Crippen LogP contribution in [0, 0.1) is 25.5 Å². The first-order valence-corrected chi connectivity index (χ1v) is 7.17. The van der Waals surface area contributed by atoms with E-state index < -0.39 is 17.4 Å². The van der Waals surface area contributed by atoms with Gasteiger partial charge in [0.1, 0.15) is 11.6 Å². The molecular formula is C18H19F2NO. The Hall–Kier alpha value is -2.23. The van der Waals surface area contributed by atoms with Crippen molar-refractivity contribution in [3.05, 3.63) is 64.5 Å². The minimum Gasteiger partial charge on any atom is -0.346 e. The van der Waals surface area contributed by atoms with Crippen LogP contribution >= 0.6 is 0 Å². The van der Waals surface area contributed by atoms with Gasteiger partial charge in [-0.1, -0.05) is 0 Å². The number of aryl methyl sites for hydroxylation is 1. The molecule has 2 nitrogen and oxygen atoms in total. The molecule has 0 aliphatic heterocycles. The second-order valence-corrected chi connectivity index (χ2v) is 5.61. The van der Waals surface area contributed by atoms with E-state index in [0.717, 1.165) is 29.1 Å². The molecule has 22 heavy (non-hydrogen) atoms. The SMILES string of the molecule is Cc1cc(/C=C/C(=O)c2ccc(F)cc2F)c(C)n1C(C)C. The van der Waals surface area contributed by atoms with E-state index in [1.165, 1.54) is 6.08 Å². The normalized spacial score (nSPS) is 11.6. The van der Waals surface area contributed by atoms with Crippen molar-refractivity contribution in [1.82, 2.24) is 4.57 Å². The van der Waals surface area contributed by atoms with E-state index in [0.29, 0.717) is 12.1 Å². The minimum atomic E-state index is -0.845. The van der Waals surface area contributed by atoms with Crippen LogP contribution in [-0.2, 0) is 0 Å². The molecule has 0 saturated heterocycles. The summed E-state index contributed by atoms with van der Waals surface area (Å²) in [6, 6.07) is 5.27. The summed E-state index contributed by atoms with van der Waals surface area (Å²) in [5, 5.41) is 0. The highest BCUT2D eigenvalue weighted by molar-refractivity contribution is 6.07. The number of carbonyl (C=O) groups is 1. The van der Waals surface area contributed by atoms with Gasteiger partial charge in [-0.3, -0.25) is 4.79 Å². The second kappa shape index (κ2) is 6.26. The van der Waals surface area contributed by atoms with Gasteiger partial charge in [0.15, 0.2) is 5.78 Å². The first-order chi connectivity index (χ1) is 10.3. The van der Waals surface area contributed by atoms with Crippen molar-refractivity contribution in [1.29, 1.82) is 0 Å². The monoisotopic (exact) mass is 303 g/mol. The Labute approximate surface area is 129 Å². The molecule has 1 heterocycles. The van der Waals surface area contributed by atoms with Crippen LogP contribution in [0.4, 0.5) is 8.78 Å². The van der Waals surface area contributed by atoms with Crippen LogP contribution in [0.3, 0.4) is 0 Å². The number of aromatic nitrogens is 1. The molecule has 0 spiro atoms. The van der Waals surface area contributed by atoms with Crippen LogP contribution in [-0.4, -0.2) is 10.4 Å². The van der Waals surface area contributed by atoms with Crippen molar-refractivity contribution >= 4 is 11.9 Å². The number of benzene rings is 1. The molecular weight excluding hydrogens is 284 g/mol. The molecule has 1 aromatic carbocycles. The summed E-state index contributed by atoms with van der Waals surface area (Å²) in [7, 11) is 0. The fourth-order valence-corrected chi connectivity index (χ4v) is 2.71. The van der Waals surface area contributed by atoms with Gasteiger partial charge >= 0.3 is 0 Å². The Balaban J connectivity index is 2.29. The van der Waals surface area contributed by atoms with Gasteiger partial charge in [0.05, 0.1) is 5.56 Å². The standard InChI is InChI=1S/C18H19F2NO/c1-11(2)21-12(3)9-14(13(21)4)5-8-18(22)16-7-6-15(19)10-17(16)20/h5-11H,1-4H3/b8-5+. The Bertz CT molecular complexity index is 742. The number of halogens is 2. The van der Waals surface area contributed by atoms with Gasteiger partial charge in [0.2, 0.25) is 0 Å². The van der Waals surface area contributed by atoms with Crippen LogP contribution in [0.2, 0.25) is 0 Å². The third-order valence-electron chi connectivity index (χ3n) is 3.65. The minimum absolute atomic E-state index is 0.129. The molecule has 1 aromatic heterocycles. The first kappa shape index (κ1) is 16.1. The molecule has 116 valence electrons. The Kier molecular flexibility index (Phi) is 4.59. The maximum absolute atomic E-state index is 13.6. The lowest BCUT2D eigenvalue weighted by atomic mass is 10.1. The third kappa shape index (κ3) is 3.16. The smallest absolute Gasteiger partial charge is 0.188 e. The van der Waals surface area contributed by atoms with Crippen molar-refractivity contribution in [2.45, 2.75) is 33.7 Å². The van der Waals surface area contributed by atoms with E-state index in [4.69, 9.17) is 0 Å². The predicted octanol–water partition coefficient (Wildman–Crippen LogP) is 4.86. The third-order valence-corrected chi connectivity index (χ3v) is 3.65. The topological polar surface area (TPSA) is 22.0 Å². The fourth-order valence-electron chi connectivity index (χ4n) is 2.71. The van der Waals surface area contributed by atoms with E-state index >= 15 is 0 Å². The molecule has 0 atom stereocenters. The van der Waals surface area contributed by atoms with Gasteiger partial charge in [0, 0.05) is 23.5 Å². The first-order valence-electron chi connectivity index (χ1n) is 7.17. The number of allylic oxidation sites excluding steroid dienone is 1. The number of nitrogens with zero attached hydrogens (tertiary/aromatic N) is 1. The average Bonchev–Trinajstić information content (AvgIpc) is 2.70. The summed E-state index contributed by atoms with van der Waals surface area (Å²) >= 11 is 0. The average molecular weight is 303 g/mol. The number of rotatable bonds is 4. The molecule has 0 fully saturated rings. The lowest BCUT2D eigenvalue weighted by Crippen LogP contribution is -2.04. The molecule has 0 saturated carbocycles. The van der Waals surface area contributed by atoms with Gasteiger partial charge in [0.25, 0.3) is 0 Å².